The van der Waals surface area contributed by atoms with Crippen molar-refractivity contribution >= 4 is 11.4 Å². The molecule has 0 aliphatic rings. The Labute approximate surface area is 183 Å². The molecule has 0 aliphatic heterocycles. The van der Waals surface area contributed by atoms with Crippen molar-refractivity contribution in [1.29, 1.82) is 0 Å². The third-order valence-electron chi connectivity index (χ3n) is 4.19. The van der Waals surface area contributed by atoms with Crippen LogP contribution in [0.5, 0.6) is 23.0 Å². The van der Waals surface area contributed by atoms with Gasteiger partial charge in [0.05, 0.1) is 0 Å². The Morgan fingerprint density at radius 2 is 0.912 bits per heavy atom. The summed E-state index contributed by atoms with van der Waals surface area (Å²) in [5.74, 6) is -15.2. The molecule has 182 valence electrons. The van der Waals surface area contributed by atoms with Crippen LogP contribution in [-0.4, -0.2) is 0 Å². The van der Waals surface area contributed by atoms with Gasteiger partial charge in [0.1, 0.15) is 11.1 Å². The number of alkyl halides is 6. The fraction of sp³-hybridized carbons (Fsp3) is 0.100. The zero-order chi connectivity index (χ0) is 25.6. The van der Waals surface area contributed by atoms with Crippen molar-refractivity contribution in [2.75, 3.05) is 11.5 Å². The summed E-state index contributed by atoms with van der Waals surface area (Å²) in [6.45, 7) is 0. The number of hydrogen-bond donors (Lipinski definition) is 2. The van der Waals surface area contributed by atoms with E-state index in [1.807, 2.05) is 0 Å². The molecule has 34 heavy (non-hydrogen) atoms. The lowest BCUT2D eigenvalue weighted by molar-refractivity contribution is -0.149. The summed E-state index contributed by atoms with van der Waals surface area (Å²) < 4.78 is 148. The van der Waals surface area contributed by atoms with Crippen LogP contribution in [0.1, 0.15) is 11.1 Å². The third kappa shape index (κ3) is 4.75. The maximum absolute atomic E-state index is 15.1. The highest BCUT2D eigenvalue weighted by Crippen LogP contribution is 2.51. The molecule has 0 bridgehead atoms. The fourth-order valence-electron chi connectivity index (χ4n) is 2.76. The van der Waals surface area contributed by atoms with Gasteiger partial charge in [0.15, 0.2) is 40.4 Å². The predicted octanol–water partition coefficient (Wildman–Crippen LogP) is 7.03. The minimum Gasteiger partial charge on any atom is -0.450 e. The number of hydrogen-bond acceptors (Lipinski definition) is 4. The van der Waals surface area contributed by atoms with E-state index in [2.05, 4.69) is 9.47 Å². The van der Waals surface area contributed by atoms with E-state index < -0.39 is 69.7 Å². The number of anilines is 2. The van der Waals surface area contributed by atoms with Crippen molar-refractivity contribution in [3.05, 3.63) is 70.8 Å². The molecule has 0 radical (unpaired) electrons. The van der Waals surface area contributed by atoms with Gasteiger partial charge in [-0.15, -0.1) is 0 Å². The van der Waals surface area contributed by atoms with Crippen LogP contribution in [0, 0.1) is 23.3 Å². The van der Waals surface area contributed by atoms with Crippen LogP contribution in [0.15, 0.2) is 36.4 Å². The summed E-state index contributed by atoms with van der Waals surface area (Å²) in [4.78, 5) is 0. The molecule has 0 saturated carbocycles. The van der Waals surface area contributed by atoms with E-state index in [4.69, 9.17) is 11.5 Å². The lowest BCUT2D eigenvalue weighted by Crippen LogP contribution is -2.20. The Morgan fingerprint density at radius 1 is 0.559 bits per heavy atom. The molecule has 0 amide bonds. The van der Waals surface area contributed by atoms with E-state index in [0.717, 1.165) is 12.1 Å². The van der Waals surface area contributed by atoms with Crippen molar-refractivity contribution < 1.29 is 53.4 Å². The molecule has 0 saturated heterocycles. The highest BCUT2D eigenvalue weighted by atomic mass is 19.4. The van der Waals surface area contributed by atoms with Crippen molar-refractivity contribution in [3.63, 3.8) is 0 Å². The number of benzene rings is 3. The Kier molecular flexibility index (Phi) is 6.20. The maximum Gasteiger partial charge on any atom is 0.422 e. The number of rotatable bonds is 4. The van der Waals surface area contributed by atoms with E-state index in [-0.39, 0.29) is 11.4 Å². The van der Waals surface area contributed by atoms with Crippen LogP contribution in [0.3, 0.4) is 0 Å². The molecular formula is C20H10F10N2O2. The highest BCUT2D eigenvalue weighted by Gasteiger charge is 2.49. The van der Waals surface area contributed by atoms with Gasteiger partial charge in [0, 0.05) is 23.5 Å². The SMILES string of the molecule is Nc1ccc(F)c(Oc2c(F)c(Oc3cc(N)ccc3F)c(C(F)(F)F)c(F)c2C(F)(F)F)c1. The topological polar surface area (TPSA) is 70.5 Å². The first-order valence-corrected chi connectivity index (χ1v) is 8.76. The molecule has 0 fully saturated rings. The first kappa shape index (κ1) is 24.8. The van der Waals surface area contributed by atoms with Crippen molar-refractivity contribution in [2.45, 2.75) is 12.4 Å². The van der Waals surface area contributed by atoms with Crippen LogP contribution in [0.4, 0.5) is 55.3 Å². The molecular weight excluding hydrogens is 490 g/mol. The molecule has 0 aromatic heterocycles. The zero-order valence-electron chi connectivity index (χ0n) is 16.2. The van der Waals surface area contributed by atoms with E-state index in [0.29, 0.717) is 24.3 Å². The molecule has 0 unspecified atom stereocenters. The normalized spacial score (nSPS) is 12.1. The Morgan fingerprint density at radius 3 is 1.24 bits per heavy atom. The lowest BCUT2D eigenvalue weighted by Gasteiger charge is -2.22. The quantitative estimate of drug-likeness (QED) is 0.298. The summed E-state index contributed by atoms with van der Waals surface area (Å²) in [6, 6.07) is 4.21. The van der Waals surface area contributed by atoms with Gasteiger partial charge >= 0.3 is 12.4 Å². The summed E-state index contributed by atoms with van der Waals surface area (Å²) in [6.07, 6.45) is -11.9. The van der Waals surface area contributed by atoms with Gasteiger partial charge in [-0.2, -0.15) is 30.7 Å². The second-order valence-electron chi connectivity index (χ2n) is 6.62. The van der Waals surface area contributed by atoms with Crippen LogP contribution in [-0.2, 0) is 12.4 Å². The molecule has 4 N–H and O–H groups in total. The van der Waals surface area contributed by atoms with Gasteiger partial charge < -0.3 is 20.9 Å². The number of halogens is 10. The first-order valence-electron chi connectivity index (χ1n) is 8.76. The lowest BCUT2D eigenvalue weighted by atomic mass is 10.0. The number of ether oxygens (including phenoxy) is 2. The molecule has 0 atom stereocenters. The van der Waals surface area contributed by atoms with Crippen LogP contribution in [0.2, 0.25) is 0 Å². The number of nitrogens with two attached hydrogens (primary N) is 2. The van der Waals surface area contributed by atoms with Gasteiger partial charge in [-0.25, -0.2) is 13.2 Å². The number of nitrogen functional groups attached to an aromatic ring is 2. The largest absolute Gasteiger partial charge is 0.450 e. The summed E-state index contributed by atoms with van der Waals surface area (Å²) in [5.41, 5.74) is 4.42. The molecule has 3 aromatic carbocycles. The maximum atomic E-state index is 15.1. The molecule has 0 aliphatic carbocycles. The fourth-order valence-corrected chi connectivity index (χ4v) is 2.76. The van der Waals surface area contributed by atoms with E-state index in [9.17, 15) is 39.5 Å². The average molecular weight is 500 g/mol. The zero-order valence-corrected chi connectivity index (χ0v) is 16.2. The minimum atomic E-state index is -5.96. The van der Waals surface area contributed by atoms with Crippen LogP contribution < -0.4 is 20.9 Å². The van der Waals surface area contributed by atoms with E-state index >= 15 is 4.39 Å². The Hall–Kier alpha value is -3.84. The van der Waals surface area contributed by atoms with Crippen LogP contribution in [0.25, 0.3) is 0 Å². The Balaban J connectivity index is 2.38. The van der Waals surface area contributed by atoms with Crippen molar-refractivity contribution in [3.8, 4) is 23.0 Å². The second-order valence-corrected chi connectivity index (χ2v) is 6.62. The van der Waals surface area contributed by atoms with E-state index in [1.165, 1.54) is 0 Å². The molecule has 3 rings (SSSR count). The van der Waals surface area contributed by atoms with Crippen LogP contribution >= 0.6 is 0 Å². The molecule has 3 aromatic rings. The van der Waals surface area contributed by atoms with Crippen molar-refractivity contribution in [1.82, 2.24) is 0 Å². The van der Waals surface area contributed by atoms with Gasteiger partial charge in [-0.1, -0.05) is 0 Å². The third-order valence-corrected chi connectivity index (χ3v) is 4.19. The van der Waals surface area contributed by atoms with E-state index in [1.54, 1.807) is 0 Å². The summed E-state index contributed by atoms with van der Waals surface area (Å²) in [5, 5.41) is 0. The first-order chi connectivity index (χ1) is 15.6. The standard InChI is InChI=1S/C20H10F10N2O2/c21-9-3-1-7(31)5-11(9)33-17-13(19(25,26)27)15(23)14(20(28,29)30)18(16(17)24)34-12-6-8(32)2-4-10(12)22/h1-6H,31-32H2. The van der Waals surface area contributed by atoms with Crippen molar-refractivity contribution in [2.24, 2.45) is 0 Å². The molecule has 4 nitrogen and oxygen atoms in total. The summed E-state index contributed by atoms with van der Waals surface area (Å²) >= 11 is 0. The summed E-state index contributed by atoms with van der Waals surface area (Å²) in [7, 11) is 0. The highest BCUT2D eigenvalue weighted by molar-refractivity contribution is 5.56. The van der Waals surface area contributed by atoms with Gasteiger partial charge in [0.25, 0.3) is 0 Å². The van der Waals surface area contributed by atoms with Gasteiger partial charge in [-0.05, 0) is 24.3 Å². The molecule has 0 spiro atoms. The average Bonchev–Trinajstić information content (AvgIpc) is 2.69. The smallest absolute Gasteiger partial charge is 0.422 e. The molecule has 0 heterocycles. The predicted molar refractivity (Wildman–Crippen MR) is 98.1 cm³/mol. The molecule has 14 heteroatoms. The second kappa shape index (κ2) is 8.50. The monoisotopic (exact) mass is 500 g/mol. The minimum absolute atomic E-state index is 0.295. The van der Waals surface area contributed by atoms with Gasteiger partial charge in [-0.3, -0.25) is 0 Å². The Bertz CT molecular complexity index is 1160. The van der Waals surface area contributed by atoms with Gasteiger partial charge in [0.2, 0.25) is 5.82 Å².